The molecule has 0 saturated heterocycles. The van der Waals surface area contributed by atoms with E-state index in [-0.39, 0.29) is 12.5 Å². The van der Waals surface area contributed by atoms with E-state index in [0.717, 1.165) is 17.7 Å². The molecular weight excluding hydrogens is 294 g/mol. The first-order valence-electron chi connectivity index (χ1n) is 8.17. The van der Waals surface area contributed by atoms with Crippen molar-refractivity contribution in [2.24, 2.45) is 11.8 Å². The van der Waals surface area contributed by atoms with Gasteiger partial charge in [0.25, 0.3) is 0 Å². The fourth-order valence-electron chi connectivity index (χ4n) is 2.19. The van der Waals surface area contributed by atoms with Crippen LogP contribution >= 0.6 is 0 Å². The minimum atomic E-state index is -0.900. The van der Waals surface area contributed by atoms with Gasteiger partial charge in [0.15, 0.2) is 0 Å². The van der Waals surface area contributed by atoms with E-state index in [2.05, 4.69) is 5.32 Å². The highest BCUT2D eigenvalue weighted by Gasteiger charge is 2.19. The molecule has 2 N–H and O–H groups in total. The lowest BCUT2D eigenvalue weighted by Crippen LogP contribution is -2.34. The summed E-state index contributed by atoms with van der Waals surface area (Å²) in [5.41, 5.74) is 0.914. The molecule has 23 heavy (non-hydrogen) atoms. The second-order valence-corrected chi connectivity index (χ2v) is 5.84. The summed E-state index contributed by atoms with van der Waals surface area (Å²) in [4.78, 5) is 23.2. The lowest BCUT2D eigenvalue weighted by molar-refractivity contribution is -0.141. The highest BCUT2D eigenvalue weighted by molar-refractivity contribution is 5.77. The molecule has 1 aromatic carbocycles. The second kappa shape index (κ2) is 9.87. The number of carboxylic acid groups (broad SMARTS) is 1. The van der Waals surface area contributed by atoms with E-state index in [0.29, 0.717) is 25.4 Å². The Morgan fingerprint density at radius 2 is 1.87 bits per heavy atom. The molecule has 0 radical (unpaired) electrons. The number of ether oxygens (including phenoxy) is 1. The van der Waals surface area contributed by atoms with Gasteiger partial charge in [-0.05, 0) is 37.0 Å². The molecule has 1 aromatic rings. The predicted octanol–water partition coefficient (Wildman–Crippen LogP) is 2.88. The average molecular weight is 321 g/mol. The number of benzene rings is 1. The maximum Gasteiger partial charge on any atom is 0.308 e. The van der Waals surface area contributed by atoms with Crippen molar-refractivity contribution in [1.82, 2.24) is 5.32 Å². The molecule has 0 bridgehead atoms. The summed E-state index contributed by atoms with van der Waals surface area (Å²) in [6, 6.07) is 7.39. The second-order valence-electron chi connectivity index (χ2n) is 5.84. The fraction of sp³-hybridized carbons (Fsp3) is 0.556. The quantitative estimate of drug-likeness (QED) is 0.695. The first-order chi connectivity index (χ1) is 11.0. The summed E-state index contributed by atoms with van der Waals surface area (Å²) in [5.74, 6) is -0.539. The van der Waals surface area contributed by atoms with Crippen LogP contribution in [0.1, 0.15) is 39.2 Å². The average Bonchev–Trinajstić information content (AvgIpc) is 2.52. The molecule has 2 unspecified atom stereocenters. The van der Waals surface area contributed by atoms with Crippen molar-refractivity contribution in [2.75, 3.05) is 13.2 Å². The van der Waals surface area contributed by atoms with Crippen molar-refractivity contribution in [2.45, 2.75) is 40.0 Å². The van der Waals surface area contributed by atoms with Crippen LogP contribution in [0.5, 0.6) is 5.75 Å². The van der Waals surface area contributed by atoms with E-state index >= 15 is 0 Å². The van der Waals surface area contributed by atoms with E-state index in [1.165, 1.54) is 0 Å². The summed E-state index contributed by atoms with van der Waals surface area (Å²) in [7, 11) is 0. The Bertz CT molecular complexity index is 498. The standard InChI is InChI=1S/C18H27NO4/c1-4-13(3)10-17(20)19-12-15(18(21)22)11-14-6-8-16(9-7-14)23-5-2/h6-9,13,15H,4-5,10-12H2,1-3H3,(H,19,20)(H,21,22). The number of aliphatic carboxylic acids is 1. The third-order valence-electron chi connectivity index (χ3n) is 3.84. The van der Waals surface area contributed by atoms with Crippen LogP contribution in [-0.4, -0.2) is 30.1 Å². The van der Waals surface area contributed by atoms with Crippen molar-refractivity contribution in [3.05, 3.63) is 29.8 Å². The van der Waals surface area contributed by atoms with Gasteiger partial charge < -0.3 is 15.2 Å². The van der Waals surface area contributed by atoms with E-state index in [4.69, 9.17) is 4.74 Å². The van der Waals surface area contributed by atoms with Gasteiger partial charge in [-0.15, -0.1) is 0 Å². The highest BCUT2D eigenvalue weighted by atomic mass is 16.5. The van der Waals surface area contributed by atoms with Gasteiger partial charge in [-0.3, -0.25) is 9.59 Å². The van der Waals surface area contributed by atoms with Crippen molar-refractivity contribution >= 4 is 11.9 Å². The number of carbonyl (C=O) groups excluding carboxylic acids is 1. The van der Waals surface area contributed by atoms with Crippen LogP contribution in [-0.2, 0) is 16.0 Å². The lowest BCUT2D eigenvalue weighted by atomic mass is 9.99. The molecule has 128 valence electrons. The molecule has 2 atom stereocenters. The SMILES string of the molecule is CCOc1ccc(CC(CNC(=O)CC(C)CC)C(=O)O)cc1. The van der Waals surface area contributed by atoms with Gasteiger partial charge in [-0.1, -0.05) is 32.4 Å². The van der Waals surface area contributed by atoms with Crippen LogP contribution in [0.25, 0.3) is 0 Å². The third-order valence-corrected chi connectivity index (χ3v) is 3.84. The van der Waals surface area contributed by atoms with Crippen molar-refractivity contribution in [3.63, 3.8) is 0 Å². The number of carbonyl (C=O) groups is 2. The van der Waals surface area contributed by atoms with Gasteiger partial charge in [0.05, 0.1) is 12.5 Å². The van der Waals surface area contributed by atoms with Crippen LogP contribution in [0.3, 0.4) is 0 Å². The Hall–Kier alpha value is -2.04. The molecule has 5 nitrogen and oxygen atoms in total. The zero-order valence-corrected chi connectivity index (χ0v) is 14.2. The number of rotatable bonds is 10. The van der Waals surface area contributed by atoms with Crippen molar-refractivity contribution < 1.29 is 19.4 Å². The van der Waals surface area contributed by atoms with Crippen LogP contribution < -0.4 is 10.1 Å². The Labute approximate surface area is 138 Å². The summed E-state index contributed by atoms with van der Waals surface area (Å²) in [5, 5.41) is 12.1. The molecule has 0 aliphatic heterocycles. The number of hydrogen-bond acceptors (Lipinski definition) is 3. The van der Waals surface area contributed by atoms with E-state index < -0.39 is 11.9 Å². The van der Waals surface area contributed by atoms with E-state index in [1.807, 2.05) is 45.0 Å². The molecule has 0 saturated carbocycles. The van der Waals surface area contributed by atoms with Crippen LogP contribution in [0.2, 0.25) is 0 Å². The normalized spacial score (nSPS) is 13.2. The van der Waals surface area contributed by atoms with Gasteiger partial charge in [-0.2, -0.15) is 0 Å². The maximum atomic E-state index is 11.8. The molecule has 0 heterocycles. The Kier molecular flexibility index (Phi) is 8.16. The summed E-state index contributed by atoms with van der Waals surface area (Å²) < 4.78 is 5.37. The number of nitrogens with one attached hydrogen (secondary N) is 1. The Balaban J connectivity index is 2.54. The predicted molar refractivity (Wildman–Crippen MR) is 89.5 cm³/mol. The van der Waals surface area contributed by atoms with E-state index in [9.17, 15) is 14.7 Å². The number of carboxylic acids is 1. The number of hydrogen-bond donors (Lipinski definition) is 2. The molecule has 0 fully saturated rings. The molecule has 0 aliphatic rings. The molecule has 5 heteroatoms. The lowest BCUT2D eigenvalue weighted by Gasteiger charge is -2.15. The van der Waals surface area contributed by atoms with Gasteiger partial charge in [0.2, 0.25) is 5.91 Å². The minimum absolute atomic E-state index is 0.0858. The summed E-state index contributed by atoms with van der Waals surface area (Å²) >= 11 is 0. The summed E-state index contributed by atoms with van der Waals surface area (Å²) in [6.07, 6.45) is 1.75. The highest BCUT2D eigenvalue weighted by Crippen LogP contribution is 2.15. The molecule has 0 aromatic heterocycles. The smallest absolute Gasteiger partial charge is 0.308 e. The topological polar surface area (TPSA) is 75.6 Å². The molecular formula is C18H27NO4. The van der Waals surface area contributed by atoms with Crippen LogP contribution in [0, 0.1) is 11.8 Å². The largest absolute Gasteiger partial charge is 0.494 e. The van der Waals surface area contributed by atoms with Gasteiger partial charge in [0, 0.05) is 13.0 Å². The first kappa shape index (κ1) is 19.0. The van der Waals surface area contributed by atoms with Gasteiger partial charge in [0.1, 0.15) is 5.75 Å². The zero-order chi connectivity index (χ0) is 17.2. The Morgan fingerprint density at radius 1 is 1.22 bits per heavy atom. The van der Waals surface area contributed by atoms with Crippen LogP contribution in [0.4, 0.5) is 0 Å². The van der Waals surface area contributed by atoms with Gasteiger partial charge >= 0.3 is 5.97 Å². The maximum absolute atomic E-state index is 11.8. The zero-order valence-electron chi connectivity index (χ0n) is 14.2. The monoisotopic (exact) mass is 321 g/mol. The van der Waals surface area contributed by atoms with Crippen molar-refractivity contribution in [1.29, 1.82) is 0 Å². The molecule has 1 rings (SSSR count). The Morgan fingerprint density at radius 3 is 2.39 bits per heavy atom. The van der Waals surface area contributed by atoms with Crippen LogP contribution in [0.15, 0.2) is 24.3 Å². The third kappa shape index (κ3) is 7.17. The fourth-order valence-corrected chi connectivity index (χ4v) is 2.19. The first-order valence-corrected chi connectivity index (χ1v) is 8.17. The molecule has 0 spiro atoms. The molecule has 1 amide bonds. The van der Waals surface area contributed by atoms with Crippen molar-refractivity contribution in [3.8, 4) is 5.75 Å². The molecule has 0 aliphatic carbocycles. The minimum Gasteiger partial charge on any atom is -0.494 e. The summed E-state index contributed by atoms with van der Waals surface area (Å²) in [6.45, 7) is 6.70. The van der Waals surface area contributed by atoms with Gasteiger partial charge in [-0.25, -0.2) is 0 Å². The number of amides is 1. The van der Waals surface area contributed by atoms with E-state index in [1.54, 1.807) is 0 Å².